The number of carbonyl (C=O) groups is 3. The minimum atomic E-state index is -0.350. The molecule has 3 amide bonds. The highest BCUT2D eigenvalue weighted by molar-refractivity contribution is 5.82. The summed E-state index contributed by atoms with van der Waals surface area (Å²) in [5, 5.41) is 6.18. The average Bonchev–Trinajstić information content (AvgIpc) is 3.28. The summed E-state index contributed by atoms with van der Waals surface area (Å²) in [6, 6.07) is 0.286. The molecule has 1 rings (SSSR count). The number of carbonyl (C=O) groups excluding carboxylic acids is 3. The van der Waals surface area contributed by atoms with E-state index in [0.717, 1.165) is 58.2 Å². The summed E-state index contributed by atoms with van der Waals surface area (Å²) in [7, 11) is 0. The first-order valence-corrected chi connectivity index (χ1v) is 15.8. The van der Waals surface area contributed by atoms with Crippen LogP contribution >= 0.6 is 0 Å². The molecule has 38 heavy (non-hydrogen) atoms. The molecule has 1 saturated heterocycles. The zero-order chi connectivity index (χ0) is 28.4. The van der Waals surface area contributed by atoms with Crippen molar-refractivity contribution in [1.82, 2.24) is 15.5 Å². The first-order chi connectivity index (χ1) is 17.9. The molecule has 222 valence electrons. The molecule has 1 aliphatic rings. The zero-order valence-electron chi connectivity index (χ0n) is 25.9. The molecule has 0 aliphatic carbocycles. The molecule has 2 N–H and O–H groups in total. The maximum Gasteiger partial charge on any atom is 0.225 e. The number of nitrogens with one attached hydrogen (secondary N) is 2. The second-order valence-corrected chi connectivity index (χ2v) is 13.3. The molecule has 0 spiro atoms. The Morgan fingerprint density at radius 1 is 0.737 bits per heavy atom. The van der Waals surface area contributed by atoms with E-state index in [1.54, 1.807) is 0 Å². The first-order valence-electron chi connectivity index (χ1n) is 15.8. The van der Waals surface area contributed by atoms with Crippen LogP contribution in [0.15, 0.2) is 0 Å². The largest absolute Gasteiger partial charge is 0.356 e. The Bertz CT molecular complexity index is 684. The number of rotatable bonds is 21. The van der Waals surface area contributed by atoms with Gasteiger partial charge in [0.1, 0.15) is 0 Å². The molecule has 1 aliphatic heterocycles. The van der Waals surface area contributed by atoms with E-state index in [9.17, 15) is 14.4 Å². The number of unbranched alkanes of at least 4 members (excludes halogenated alkanes) is 11. The highest BCUT2D eigenvalue weighted by Gasteiger charge is 2.29. The SMILES string of the molecule is CC(CCCC(C)(C)C(=O)NCCCCCCCCCCCCCCNC(=O)C(C)(C)C)N1CCCC1=O. The van der Waals surface area contributed by atoms with E-state index in [4.69, 9.17) is 0 Å². The monoisotopic (exact) mass is 535 g/mol. The van der Waals surface area contributed by atoms with Gasteiger partial charge in [-0.3, -0.25) is 14.4 Å². The lowest BCUT2D eigenvalue weighted by Crippen LogP contribution is -2.38. The fourth-order valence-corrected chi connectivity index (χ4v) is 5.17. The molecule has 0 aromatic rings. The summed E-state index contributed by atoms with van der Waals surface area (Å²) in [5.41, 5.74) is -0.638. The van der Waals surface area contributed by atoms with Gasteiger partial charge in [0.05, 0.1) is 0 Å². The van der Waals surface area contributed by atoms with Gasteiger partial charge in [-0.05, 0) is 39.0 Å². The van der Waals surface area contributed by atoms with Crippen LogP contribution in [0.5, 0.6) is 0 Å². The van der Waals surface area contributed by atoms with Crippen molar-refractivity contribution in [3.05, 3.63) is 0 Å². The smallest absolute Gasteiger partial charge is 0.225 e. The van der Waals surface area contributed by atoms with Crippen molar-refractivity contribution in [1.29, 1.82) is 0 Å². The number of amides is 3. The average molecular weight is 536 g/mol. The van der Waals surface area contributed by atoms with Crippen LogP contribution in [-0.4, -0.2) is 48.3 Å². The minimum absolute atomic E-state index is 0.149. The Kier molecular flexibility index (Phi) is 16.9. The molecule has 0 saturated carbocycles. The summed E-state index contributed by atoms with van der Waals surface area (Å²) in [6.07, 6.45) is 19.5. The van der Waals surface area contributed by atoms with E-state index >= 15 is 0 Å². The van der Waals surface area contributed by atoms with E-state index in [-0.39, 0.29) is 34.6 Å². The van der Waals surface area contributed by atoms with Gasteiger partial charge in [0.25, 0.3) is 0 Å². The highest BCUT2D eigenvalue weighted by atomic mass is 16.2. The lowest BCUT2D eigenvalue weighted by Gasteiger charge is -2.27. The Balaban J connectivity index is 1.90. The second kappa shape index (κ2) is 18.7. The molecule has 1 fully saturated rings. The van der Waals surface area contributed by atoms with E-state index in [0.29, 0.717) is 6.42 Å². The molecule has 1 atom stereocenters. The van der Waals surface area contributed by atoms with E-state index in [2.05, 4.69) is 17.6 Å². The van der Waals surface area contributed by atoms with Crippen molar-refractivity contribution in [3.63, 3.8) is 0 Å². The Labute approximate surface area is 234 Å². The molecule has 1 heterocycles. The topological polar surface area (TPSA) is 78.5 Å². The van der Waals surface area contributed by atoms with Gasteiger partial charge in [0.2, 0.25) is 17.7 Å². The van der Waals surface area contributed by atoms with Gasteiger partial charge in [-0.25, -0.2) is 0 Å². The molecule has 1 unspecified atom stereocenters. The lowest BCUT2D eigenvalue weighted by atomic mass is 9.85. The Morgan fingerprint density at radius 2 is 1.18 bits per heavy atom. The number of hydrogen-bond acceptors (Lipinski definition) is 3. The fraction of sp³-hybridized carbons (Fsp3) is 0.906. The standard InChI is InChI=1S/C32H61N3O3/c1-27(35-26-20-22-28(35)36)21-19-23-32(5,6)30(38)34-25-18-16-14-12-10-8-7-9-11-13-15-17-24-33-29(37)31(2,3)4/h27H,7-26H2,1-6H3,(H,33,37)(H,34,38). The van der Waals surface area contributed by atoms with Crippen molar-refractivity contribution in [2.45, 2.75) is 157 Å². The van der Waals surface area contributed by atoms with E-state index in [1.165, 1.54) is 64.2 Å². The summed E-state index contributed by atoms with van der Waals surface area (Å²) in [5.74, 6) is 0.602. The van der Waals surface area contributed by atoms with Crippen molar-refractivity contribution in [2.24, 2.45) is 10.8 Å². The van der Waals surface area contributed by atoms with Gasteiger partial charge < -0.3 is 15.5 Å². The fourth-order valence-electron chi connectivity index (χ4n) is 5.17. The van der Waals surface area contributed by atoms with Gasteiger partial charge in [0.15, 0.2) is 0 Å². The Hall–Kier alpha value is -1.59. The van der Waals surface area contributed by atoms with Gasteiger partial charge in [-0.15, -0.1) is 0 Å². The predicted octanol–water partition coefficient (Wildman–Crippen LogP) is 7.15. The molecule has 6 heteroatoms. The summed E-state index contributed by atoms with van der Waals surface area (Å²) < 4.78 is 0. The quantitative estimate of drug-likeness (QED) is 0.153. The molecular formula is C32H61N3O3. The first kappa shape index (κ1) is 34.4. The maximum atomic E-state index is 12.7. The molecule has 0 aromatic carbocycles. The van der Waals surface area contributed by atoms with Crippen molar-refractivity contribution >= 4 is 17.7 Å². The van der Waals surface area contributed by atoms with E-state index < -0.39 is 0 Å². The third kappa shape index (κ3) is 15.1. The van der Waals surface area contributed by atoms with Crippen LogP contribution in [0.1, 0.15) is 151 Å². The third-order valence-corrected chi connectivity index (χ3v) is 8.04. The molecule has 0 aromatic heterocycles. The van der Waals surface area contributed by atoms with Crippen LogP contribution in [0.3, 0.4) is 0 Å². The van der Waals surface area contributed by atoms with Crippen LogP contribution in [0, 0.1) is 10.8 Å². The van der Waals surface area contributed by atoms with Crippen LogP contribution in [0.4, 0.5) is 0 Å². The summed E-state index contributed by atoms with van der Waals surface area (Å²) in [4.78, 5) is 38.4. The normalized spacial score (nSPS) is 15.1. The maximum absolute atomic E-state index is 12.7. The van der Waals surface area contributed by atoms with Gasteiger partial charge in [-0.2, -0.15) is 0 Å². The number of nitrogens with zero attached hydrogens (tertiary/aromatic N) is 1. The zero-order valence-corrected chi connectivity index (χ0v) is 25.9. The van der Waals surface area contributed by atoms with Crippen LogP contribution < -0.4 is 10.6 Å². The lowest BCUT2D eigenvalue weighted by molar-refractivity contribution is -0.131. The highest BCUT2D eigenvalue weighted by Crippen LogP contribution is 2.26. The molecule has 6 nitrogen and oxygen atoms in total. The molecule has 0 bridgehead atoms. The van der Waals surface area contributed by atoms with Gasteiger partial charge in [0, 0.05) is 42.9 Å². The summed E-state index contributed by atoms with van der Waals surface area (Å²) >= 11 is 0. The third-order valence-electron chi connectivity index (χ3n) is 8.04. The predicted molar refractivity (Wildman–Crippen MR) is 159 cm³/mol. The Morgan fingerprint density at radius 3 is 1.61 bits per heavy atom. The van der Waals surface area contributed by atoms with Crippen molar-refractivity contribution in [2.75, 3.05) is 19.6 Å². The van der Waals surface area contributed by atoms with Gasteiger partial charge in [-0.1, -0.05) is 105 Å². The molecule has 0 radical (unpaired) electrons. The van der Waals surface area contributed by atoms with Crippen LogP contribution in [-0.2, 0) is 14.4 Å². The van der Waals surface area contributed by atoms with Crippen LogP contribution in [0.2, 0.25) is 0 Å². The minimum Gasteiger partial charge on any atom is -0.356 e. The van der Waals surface area contributed by atoms with Crippen LogP contribution in [0.25, 0.3) is 0 Å². The number of likely N-dealkylation sites (tertiary alicyclic amines) is 1. The summed E-state index contributed by atoms with van der Waals surface area (Å²) in [6.45, 7) is 14.6. The van der Waals surface area contributed by atoms with Crippen molar-refractivity contribution < 1.29 is 14.4 Å². The van der Waals surface area contributed by atoms with E-state index in [1.807, 2.05) is 39.5 Å². The number of hydrogen-bond donors (Lipinski definition) is 2. The second-order valence-electron chi connectivity index (χ2n) is 13.3. The van der Waals surface area contributed by atoms with Crippen molar-refractivity contribution in [3.8, 4) is 0 Å². The van der Waals surface area contributed by atoms with Gasteiger partial charge >= 0.3 is 0 Å². The molecular weight excluding hydrogens is 474 g/mol.